The molecule has 2 aliphatic carbocycles. The summed E-state index contributed by atoms with van der Waals surface area (Å²) < 4.78 is 0. The molecule has 21 heavy (non-hydrogen) atoms. The Morgan fingerprint density at radius 2 is 2.05 bits per heavy atom. The Morgan fingerprint density at radius 3 is 2.76 bits per heavy atom. The molecule has 1 aromatic heterocycles. The van der Waals surface area contributed by atoms with Crippen LogP contribution in [0.25, 0.3) is 11.3 Å². The van der Waals surface area contributed by atoms with Gasteiger partial charge in [-0.3, -0.25) is 4.79 Å². The monoisotopic (exact) mass is 298 g/mol. The summed E-state index contributed by atoms with van der Waals surface area (Å²) in [7, 11) is 0. The van der Waals surface area contributed by atoms with Gasteiger partial charge < -0.3 is 5.32 Å². The van der Waals surface area contributed by atoms with Crippen LogP contribution in [0.15, 0.2) is 35.7 Å². The summed E-state index contributed by atoms with van der Waals surface area (Å²) in [6, 6.07) is 10.1. The highest BCUT2D eigenvalue weighted by Gasteiger charge is 2.43. The standard InChI is InChI=1S/C17H18N2OS/c20-16(14-9-11-6-7-13(14)8-11)19-17-18-15(10-21-17)12-4-2-1-3-5-12/h1-5,10-11,13-14H,6-9H2,(H,18,19,20)/t11-,13+,14-/m1/s1. The van der Waals surface area contributed by atoms with E-state index in [0.29, 0.717) is 5.92 Å². The first-order chi connectivity index (χ1) is 10.3. The number of hydrogen-bond acceptors (Lipinski definition) is 3. The molecule has 1 aromatic carbocycles. The molecule has 0 spiro atoms. The summed E-state index contributed by atoms with van der Waals surface area (Å²) in [4.78, 5) is 16.9. The number of anilines is 1. The Bertz CT molecular complexity index is 652. The Balaban J connectivity index is 1.46. The van der Waals surface area contributed by atoms with Crippen LogP contribution in [0.1, 0.15) is 25.7 Å². The smallest absolute Gasteiger partial charge is 0.229 e. The molecule has 4 heteroatoms. The first kappa shape index (κ1) is 13.0. The first-order valence-corrected chi connectivity index (χ1v) is 8.49. The maximum Gasteiger partial charge on any atom is 0.229 e. The van der Waals surface area contributed by atoms with Gasteiger partial charge in [-0.05, 0) is 31.1 Å². The van der Waals surface area contributed by atoms with E-state index in [0.717, 1.165) is 28.7 Å². The summed E-state index contributed by atoms with van der Waals surface area (Å²) in [6.07, 6.45) is 4.89. The van der Waals surface area contributed by atoms with E-state index < -0.39 is 0 Å². The van der Waals surface area contributed by atoms with Crippen LogP contribution in [0.2, 0.25) is 0 Å². The summed E-state index contributed by atoms with van der Waals surface area (Å²) in [5.41, 5.74) is 2.03. The van der Waals surface area contributed by atoms with Crippen molar-refractivity contribution < 1.29 is 4.79 Å². The first-order valence-electron chi connectivity index (χ1n) is 7.61. The van der Waals surface area contributed by atoms with E-state index in [4.69, 9.17) is 0 Å². The molecule has 2 fully saturated rings. The predicted molar refractivity (Wildman–Crippen MR) is 85.1 cm³/mol. The molecule has 1 amide bonds. The average Bonchev–Trinajstić information content (AvgIpc) is 3.24. The van der Waals surface area contributed by atoms with Crippen LogP contribution >= 0.6 is 11.3 Å². The van der Waals surface area contributed by atoms with Gasteiger partial charge >= 0.3 is 0 Å². The highest BCUT2D eigenvalue weighted by molar-refractivity contribution is 7.14. The molecule has 3 nitrogen and oxygen atoms in total. The number of benzene rings is 1. The van der Waals surface area contributed by atoms with Crippen LogP contribution < -0.4 is 5.32 Å². The van der Waals surface area contributed by atoms with Crippen LogP contribution in [0.4, 0.5) is 5.13 Å². The molecular formula is C17H18N2OS. The number of fused-ring (bicyclic) bond motifs is 2. The molecule has 2 bridgehead atoms. The lowest BCUT2D eigenvalue weighted by Crippen LogP contribution is -2.27. The van der Waals surface area contributed by atoms with E-state index in [1.807, 2.05) is 35.7 Å². The van der Waals surface area contributed by atoms with E-state index in [9.17, 15) is 4.79 Å². The van der Waals surface area contributed by atoms with Crippen molar-refractivity contribution >= 4 is 22.4 Å². The van der Waals surface area contributed by atoms with Crippen LogP contribution in [0.3, 0.4) is 0 Å². The molecule has 4 rings (SSSR count). The van der Waals surface area contributed by atoms with Crippen molar-refractivity contribution in [1.29, 1.82) is 0 Å². The molecule has 2 aliphatic rings. The second-order valence-electron chi connectivity index (χ2n) is 6.17. The number of nitrogens with one attached hydrogen (secondary N) is 1. The normalized spacial score (nSPS) is 27.0. The van der Waals surface area contributed by atoms with Crippen LogP contribution in [-0.4, -0.2) is 10.9 Å². The molecule has 0 radical (unpaired) electrons. The molecule has 0 aliphatic heterocycles. The second-order valence-corrected chi connectivity index (χ2v) is 7.03. The van der Waals surface area contributed by atoms with Crippen molar-refractivity contribution in [2.75, 3.05) is 5.32 Å². The summed E-state index contributed by atoms with van der Waals surface area (Å²) in [5.74, 6) is 1.80. The third kappa shape index (κ3) is 2.48. The van der Waals surface area contributed by atoms with E-state index in [1.54, 1.807) is 0 Å². The van der Waals surface area contributed by atoms with Gasteiger partial charge in [0.2, 0.25) is 5.91 Å². The Hall–Kier alpha value is -1.68. The van der Waals surface area contributed by atoms with Gasteiger partial charge in [0.15, 0.2) is 5.13 Å². The van der Waals surface area contributed by atoms with Crippen molar-refractivity contribution in [2.45, 2.75) is 25.7 Å². The second kappa shape index (κ2) is 5.26. The molecular weight excluding hydrogens is 280 g/mol. The zero-order chi connectivity index (χ0) is 14.2. The van der Waals surface area contributed by atoms with E-state index >= 15 is 0 Å². The Kier molecular flexibility index (Phi) is 3.26. The molecule has 0 unspecified atom stereocenters. The highest BCUT2D eigenvalue weighted by atomic mass is 32.1. The lowest BCUT2D eigenvalue weighted by atomic mass is 9.88. The van der Waals surface area contributed by atoms with Gasteiger partial charge in [-0.15, -0.1) is 11.3 Å². The van der Waals surface area contributed by atoms with Crippen molar-refractivity contribution in [3.8, 4) is 11.3 Å². The predicted octanol–water partition coefficient (Wildman–Crippen LogP) is 4.18. The molecule has 3 atom stereocenters. The number of carbonyl (C=O) groups excluding carboxylic acids is 1. The number of carbonyl (C=O) groups is 1. The highest BCUT2D eigenvalue weighted by Crippen LogP contribution is 2.48. The fourth-order valence-corrected chi connectivity index (χ4v) is 4.56. The third-order valence-corrected chi connectivity index (χ3v) is 5.64. The van der Waals surface area contributed by atoms with Crippen LogP contribution in [-0.2, 0) is 4.79 Å². The van der Waals surface area contributed by atoms with Gasteiger partial charge in [-0.1, -0.05) is 36.8 Å². The lowest BCUT2D eigenvalue weighted by molar-refractivity contribution is -0.121. The largest absolute Gasteiger partial charge is 0.302 e. The third-order valence-electron chi connectivity index (χ3n) is 4.88. The van der Waals surface area contributed by atoms with Crippen molar-refractivity contribution in [1.82, 2.24) is 4.98 Å². The summed E-state index contributed by atoms with van der Waals surface area (Å²) >= 11 is 1.51. The van der Waals surface area contributed by atoms with E-state index in [2.05, 4.69) is 10.3 Å². The number of amides is 1. The molecule has 0 saturated heterocycles. The Morgan fingerprint density at radius 1 is 1.19 bits per heavy atom. The van der Waals surface area contributed by atoms with Gasteiger partial charge in [0, 0.05) is 16.9 Å². The van der Waals surface area contributed by atoms with E-state index in [1.165, 1.54) is 30.6 Å². The van der Waals surface area contributed by atoms with Crippen LogP contribution in [0, 0.1) is 17.8 Å². The SMILES string of the molecule is O=C(Nc1nc(-c2ccccc2)cs1)[C@@H]1C[C@@H]2CC[C@H]1C2. The zero-order valence-electron chi connectivity index (χ0n) is 11.8. The number of hydrogen-bond donors (Lipinski definition) is 1. The topological polar surface area (TPSA) is 42.0 Å². The van der Waals surface area contributed by atoms with Crippen molar-refractivity contribution in [3.05, 3.63) is 35.7 Å². The maximum atomic E-state index is 12.4. The van der Waals surface area contributed by atoms with Crippen molar-refractivity contribution in [3.63, 3.8) is 0 Å². The average molecular weight is 298 g/mol. The molecule has 1 N–H and O–H groups in total. The van der Waals surface area contributed by atoms with Gasteiger partial charge in [-0.2, -0.15) is 0 Å². The van der Waals surface area contributed by atoms with Gasteiger partial charge in [0.25, 0.3) is 0 Å². The zero-order valence-corrected chi connectivity index (χ0v) is 12.6. The number of thiazole rings is 1. The fraction of sp³-hybridized carbons (Fsp3) is 0.412. The fourth-order valence-electron chi connectivity index (χ4n) is 3.84. The number of rotatable bonds is 3. The quantitative estimate of drug-likeness (QED) is 0.923. The minimum atomic E-state index is 0.177. The molecule has 2 aromatic rings. The van der Waals surface area contributed by atoms with Crippen LogP contribution in [0.5, 0.6) is 0 Å². The molecule has 108 valence electrons. The lowest BCUT2D eigenvalue weighted by Gasteiger charge is -2.19. The van der Waals surface area contributed by atoms with Gasteiger partial charge in [0.1, 0.15) is 0 Å². The van der Waals surface area contributed by atoms with Crippen molar-refractivity contribution in [2.24, 2.45) is 17.8 Å². The maximum absolute atomic E-state index is 12.4. The van der Waals surface area contributed by atoms with Gasteiger partial charge in [0.05, 0.1) is 5.69 Å². The van der Waals surface area contributed by atoms with E-state index in [-0.39, 0.29) is 11.8 Å². The molecule has 2 saturated carbocycles. The number of aromatic nitrogens is 1. The Labute approximate surface area is 128 Å². The summed E-state index contributed by atoms with van der Waals surface area (Å²) in [6.45, 7) is 0. The summed E-state index contributed by atoms with van der Waals surface area (Å²) in [5, 5.41) is 5.76. The minimum absolute atomic E-state index is 0.177. The molecule has 1 heterocycles. The minimum Gasteiger partial charge on any atom is -0.302 e. The van der Waals surface area contributed by atoms with Gasteiger partial charge in [-0.25, -0.2) is 4.98 Å². The number of nitrogens with zero attached hydrogens (tertiary/aromatic N) is 1.